The van der Waals surface area contributed by atoms with Crippen molar-refractivity contribution in [3.8, 4) is 11.7 Å². The van der Waals surface area contributed by atoms with E-state index in [-0.39, 0.29) is 24.2 Å². The predicted molar refractivity (Wildman–Crippen MR) is 117 cm³/mol. The van der Waals surface area contributed by atoms with Crippen LogP contribution in [0.1, 0.15) is 30.8 Å². The van der Waals surface area contributed by atoms with E-state index in [2.05, 4.69) is 15.5 Å². The number of anilines is 1. The molecule has 2 heterocycles. The molecule has 0 saturated carbocycles. The van der Waals surface area contributed by atoms with Crippen LogP contribution in [0.5, 0.6) is 0 Å². The van der Waals surface area contributed by atoms with Crippen LogP contribution >= 0.6 is 0 Å². The van der Waals surface area contributed by atoms with E-state index in [1.807, 2.05) is 42.2 Å². The Morgan fingerprint density at radius 2 is 1.84 bits per heavy atom. The maximum absolute atomic E-state index is 13.4. The predicted octanol–water partition coefficient (Wildman–Crippen LogP) is 5.06. The lowest BCUT2D eigenvalue weighted by Crippen LogP contribution is -2.37. The molecule has 1 amide bonds. The van der Waals surface area contributed by atoms with Gasteiger partial charge in [0.2, 0.25) is 11.8 Å². The number of nitrogens with zero attached hydrogens (tertiary/aromatic N) is 3. The summed E-state index contributed by atoms with van der Waals surface area (Å²) in [6, 6.07) is 18.0. The topological polar surface area (TPSA) is 84.4 Å². The van der Waals surface area contributed by atoms with Crippen molar-refractivity contribution in [3.05, 3.63) is 90.3 Å². The van der Waals surface area contributed by atoms with Gasteiger partial charge in [-0.15, -0.1) is 10.2 Å². The fourth-order valence-corrected chi connectivity index (χ4v) is 3.48. The molecule has 4 aromatic rings. The van der Waals surface area contributed by atoms with Crippen molar-refractivity contribution in [2.75, 3.05) is 11.9 Å². The second kappa shape index (κ2) is 10.0. The highest BCUT2D eigenvalue weighted by Gasteiger charge is 2.29. The van der Waals surface area contributed by atoms with E-state index in [9.17, 15) is 9.18 Å². The Balaban J connectivity index is 1.61. The third-order valence-electron chi connectivity index (χ3n) is 4.89. The molecular weight excluding hydrogens is 411 g/mol. The minimum Gasteiger partial charge on any atom is -0.459 e. The van der Waals surface area contributed by atoms with E-state index >= 15 is 0 Å². The summed E-state index contributed by atoms with van der Waals surface area (Å²) in [5, 5.41) is 11.1. The van der Waals surface area contributed by atoms with Gasteiger partial charge in [0.05, 0.1) is 12.8 Å². The second-order valence-corrected chi connectivity index (χ2v) is 7.26. The summed E-state index contributed by atoms with van der Waals surface area (Å²) in [6.45, 7) is 2.93. The lowest BCUT2D eigenvalue weighted by Gasteiger charge is -2.29. The van der Waals surface area contributed by atoms with Gasteiger partial charge in [0.25, 0.3) is 5.89 Å². The third kappa shape index (κ3) is 5.09. The van der Waals surface area contributed by atoms with Gasteiger partial charge in [-0.05, 0) is 54.9 Å². The zero-order valence-electron chi connectivity index (χ0n) is 17.6. The minimum atomic E-state index is -0.611. The molecule has 0 spiro atoms. The summed E-state index contributed by atoms with van der Waals surface area (Å²) >= 11 is 0. The van der Waals surface area contributed by atoms with Crippen molar-refractivity contribution in [3.63, 3.8) is 0 Å². The highest BCUT2D eigenvalue weighted by molar-refractivity contribution is 5.95. The Labute approximate surface area is 184 Å². The average Bonchev–Trinajstić information content (AvgIpc) is 3.49. The quantitative estimate of drug-likeness (QED) is 0.396. The minimum absolute atomic E-state index is 0.234. The van der Waals surface area contributed by atoms with Gasteiger partial charge >= 0.3 is 0 Å². The highest BCUT2D eigenvalue weighted by atomic mass is 19.1. The first-order valence-electron chi connectivity index (χ1n) is 10.4. The molecule has 2 aromatic heterocycles. The van der Waals surface area contributed by atoms with Gasteiger partial charge in [-0.3, -0.25) is 9.69 Å². The van der Waals surface area contributed by atoms with E-state index in [0.717, 1.165) is 12.0 Å². The van der Waals surface area contributed by atoms with E-state index in [1.54, 1.807) is 12.1 Å². The third-order valence-corrected chi connectivity index (χ3v) is 4.89. The number of amides is 1. The number of halogens is 1. The van der Waals surface area contributed by atoms with Crippen LogP contribution in [-0.4, -0.2) is 27.5 Å². The maximum atomic E-state index is 13.4. The molecule has 7 nitrogen and oxygen atoms in total. The molecule has 2 aromatic carbocycles. The van der Waals surface area contributed by atoms with Crippen LogP contribution < -0.4 is 5.32 Å². The Hall–Kier alpha value is -3.78. The number of hydrogen-bond acceptors (Lipinski definition) is 6. The molecule has 1 N–H and O–H groups in total. The van der Waals surface area contributed by atoms with Gasteiger partial charge in [0, 0.05) is 5.69 Å². The van der Waals surface area contributed by atoms with E-state index < -0.39 is 6.04 Å². The number of carbonyl (C=O) groups is 1. The largest absolute Gasteiger partial charge is 0.459 e. The summed E-state index contributed by atoms with van der Waals surface area (Å²) in [4.78, 5) is 15.3. The van der Waals surface area contributed by atoms with Crippen LogP contribution in [-0.2, 0) is 11.3 Å². The Kier molecular flexibility index (Phi) is 6.72. The number of aromatic nitrogens is 2. The number of furan rings is 1. The summed E-state index contributed by atoms with van der Waals surface area (Å²) in [5.41, 5.74) is 1.35. The molecule has 1 unspecified atom stereocenters. The van der Waals surface area contributed by atoms with Crippen molar-refractivity contribution in [2.45, 2.75) is 25.9 Å². The maximum Gasteiger partial charge on any atom is 0.283 e. The zero-order chi connectivity index (χ0) is 22.3. The fourth-order valence-electron chi connectivity index (χ4n) is 3.48. The van der Waals surface area contributed by atoms with Gasteiger partial charge in [-0.2, -0.15) is 0 Å². The van der Waals surface area contributed by atoms with E-state index in [4.69, 9.17) is 8.83 Å². The van der Waals surface area contributed by atoms with Crippen LogP contribution in [0.4, 0.5) is 10.1 Å². The summed E-state index contributed by atoms with van der Waals surface area (Å²) < 4.78 is 24.4. The van der Waals surface area contributed by atoms with Crippen molar-refractivity contribution in [1.29, 1.82) is 0 Å². The number of benzene rings is 2. The van der Waals surface area contributed by atoms with Gasteiger partial charge in [0.1, 0.15) is 11.9 Å². The fraction of sp³-hybridized carbons (Fsp3) is 0.208. The van der Waals surface area contributed by atoms with E-state index in [0.29, 0.717) is 23.9 Å². The Morgan fingerprint density at radius 3 is 2.53 bits per heavy atom. The molecule has 0 radical (unpaired) electrons. The normalized spacial score (nSPS) is 12.1. The first-order chi connectivity index (χ1) is 15.6. The molecule has 164 valence electrons. The van der Waals surface area contributed by atoms with Gasteiger partial charge in [-0.25, -0.2) is 4.39 Å². The monoisotopic (exact) mass is 434 g/mol. The number of hydrogen-bond donors (Lipinski definition) is 1. The second-order valence-electron chi connectivity index (χ2n) is 7.26. The first kappa shape index (κ1) is 21.5. The molecular formula is C24H23FN4O3. The molecule has 32 heavy (non-hydrogen) atoms. The SMILES string of the molecule is CCCN(Cc1nnc(-c2ccco2)o1)C(C(=O)Nc1ccc(F)cc1)c1ccccc1. The van der Waals surface area contributed by atoms with Crippen LogP contribution in [0.15, 0.2) is 81.8 Å². The molecule has 0 saturated heterocycles. The zero-order valence-corrected chi connectivity index (χ0v) is 17.6. The lowest BCUT2D eigenvalue weighted by molar-refractivity contribution is -0.122. The summed E-state index contributed by atoms with van der Waals surface area (Å²) in [5.74, 6) is 0.550. The van der Waals surface area contributed by atoms with Crippen molar-refractivity contribution in [2.24, 2.45) is 0 Å². The molecule has 0 bridgehead atoms. The Bertz CT molecular complexity index is 1130. The van der Waals surface area contributed by atoms with Crippen LogP contribution in [0.25, 0.3) is 11.7 Å². The highest BCUT2D eigenvalue weighted by Crippen LogP contribution is 2.26. The Morgan fingerprint density at radius 1 is 1.06 bits per heavy atom. The first-order valence-corrected chi connectivity index (χ1v) is 10.4. The van der Waals surface area contributed by atoms with Crippen molar-refractivity contribution >= 4 is 11.6 Å². The average molecular weight is 434 g/mol. The molecule has 4 rings (SSSR count). The van der Waals surface area contributed by atoms with Crippen LogP contribution in [0.2, 0.25) is 0 Å². The van der Waals surface area contributed by atoms with Crippen LogP contribution in [0.3, 0.4) is 0 Å². The molecule has 0 aliphatic carbocycles. The summed E-state index contributed by atoms with van der Waals surface area (Å²) in [6.07, 6.45) is 2.35. The van der Waals surface area contributed by atoms with E-state index in [1.165, 1.54) is 30.5 Å². The number of carbonyl (C=O) groups excluding carboxylic acids is 1. The molecule has 0 aliphatic heterocycles. The van der Waals surface area contributed by atoms with Gasteiger partial charge in [-0.1, -0.05) is 37.3 Å². The van der Waals surface area contributed by atoms with Gasteiger partial charge < -0.3 is 14.2 Å². The molecule has 0 fully saturated rings. The van der Waals surface area contributed by atoms with Gasteiger partial charge in [0.15, 0.2) is 5.76 Å². The standard InChI is InChI=1S/C24H23FN4O3/c1-2-14-29(16-21-27-28-24(32-21)20-9-6-15-31-20)22(17-7-4-3-5-8-17)23(30)26-19-12-10-18(25)11-13-19/h3-13,15,22H,2,14,16H2,1H3,(H,26,30). The summed E-state index contributed by atoms with van der Waals surface area (Å²) in [7, 11) is 0. The lowest BCUT2D eigenvalue weighted by atomic mass is 10.0. The number of rotatable bonds is 9. The number of nitrogens with one attached hydrogen (secondary N) is 1. The van der Waals surface area contributed by atoms with Crippen molar-refractivity contribution < 1.29 is 18.0 Å². The van der Waals surface area contributed by atoms with Crippen molar-refractivity contribution in [1.82, 2.24) is 15.1 Å². The molecule has 0 aliphatic rings. The molecule has 1 atom stereocenters. The van der Waals surface area contributed by atoms with Crippen LogP contribution in [0, 0.1) is 5.82 Å². The molecule has 8 heteroatoms. The smallest absolute Gasteiger partial charge is 0.283 e.